The Balaban J connectivity index is 1.80. The maximum Gasteiger partial charge on any atom is 0.225 e. The summed E-state index contributed by atoms with van der Waals surface area (Å²) in [7, 11) is -3.68. The number of hydrogen-bond donors (Lipinski definition) is 1. The molecule has 27 heavy (non-hydrogen) atoms. The number of carbonyl (C=O) groups is 1. The highest BCUT2D eigenvalue weighted by Gasteiger charge is 2.34. The first-order chi connectivity index (χ1) is 13.0. The summed E-state index contributed by atoms with van der Waals surface area (Å²) in [5.41, 5.74) is 2.70. The summed E-state index contributed by atoms with van der Waals surface area (Å²) < 4.78 is 26.1. The molecule has 2 heterocycles. The van der Waals surface area contributed by atoms with Gasteiger partial charge in [0.05, 0.1) is 10.6 Å². The van der Waals surface area contributed by atoms with E-state index in [9.17, 15) is 13.2 Å². The SMILES string of the molecule is CCc1ccc([C@H]2CC(=O)Nc3c(S(=O)(=O)c4ccccc4)csc32)cc1. The third-order valence-corrected chi connectivity index (χ3v) is 7.93. The average Bonchev–Trinajstić information content (AvgIpc) is 3.12. The minimum absolute atomic E-state index is 0.121. The quantitative estimate of drug-likeness (QED) is 0.699. The summed E-state index contributed by atoms with van der Waals surface area (Å²) in [6, 6.07) is 16.5. The number of nitrogens with one attached hydrogen (secondary N) is 1. The molecule has 2 aromatic carbocycles. The van der Waals surface area contributed by atoms with Crippen molar-refractivity contribution >= 4 is 32.8 Å². The van der Waals surface area contributed by atoms with Crippen LogP contribution in [0.5, 0.6) is 0 Å². The second-order valence-electron chi connectivity index (χ2n) is 6.56. The fourth-order valence-electron chi connectivity index (χ4n) is 3.38. The van der Waals surface area contributed by atoms with E-state index in [0.29, 0.717) is 12.1 Å². The van der Waals surface area contributed by atoms with Crippen molar-refractivity contribution in [3.05, 3.63) is 76.0 Å². The molecule has 138 valence electrons. The summed E-state index contributed by atoms with van der Waals surface area (Å²) in [6.07, 6.45) is 1.28. The highest BCUT2D eigenvalue weighted by Crippen LogP contribution is 2.45. The van der Waals surface area contributed by atoms with E-state index >= 15 is 0 Å². The molecule has 0 fully saturated rings. The number of thiophene rings is 1. The van der Waals surface area contributed by atoms with Gasteiger partial charge in [-0.05, 0) is 29.7 Å². The molecular weight excluding hydrogens is 378 g/mol. The van der Waals surface area contributed by atoms with E-state index in [4.69, 9.17) is 0 Å². The Bertz CT molecular complexity index is 1080. The predicted octanol–water partition coefficient (Wildman–Crippen LogP) is 4.62. The molecule has 1 atom stereocenters. The van der Waals surface area contributed by atoms with Crippen molar-refractivity contribution in [1.29, 1.82) is 0 Å². The van der Waals surface area contributed by atoms with Gasteiger partial charge in [0, 0.05) is 22.6 Å². The van der Waals surface area contributed by atoms with Crippen LogP contribution in [0.4, 0.5) is 5.69 Å². The topological polar surface area (TPSA) is 63.2 Å². The standard InChI is InChI=1S/C21H19NO3S2/c1-2-14-8-10-15(11-9-14)17-12-19(23)22-20-18(13-26-21(17)20)27(24,25)16-6-4-3-5-7-16/h3-11,13,17H,2,12H2,1H3,(H,22,23)/t17-/m1/s1. The normalized spacial score (nSPS) is 16.6. The number of sulfone groups is 1. The molecule has 1 aliphatic heterocycles. The molecule has 0 saturated carbocycles. The summed E-state index contributed by atoms with van der Waals surface area (Å²) >= 11 is 1.39. The van der Waals surface area contributed by atoms with Crippen LogP contribution in [-0.4, -0.2) is 14.3 Å². The van der Waals surface area contributed by atoms with Crippen molar-refractivity contribution in [2.75, 3.05) is 5.32 Å². The lowest BCUT2D eigenvalue weighted by Gasteiger charge is -2.24. The molecule has 4 rings (SSSR count). The number of rotatable bonds is 4. The zero-order chi connectivity index (χ0) is 19.0. The average molecular weight is 398 g/mol. The molecule has 0 saturated heterocycles. The first kappa shape index (κ1) is 17.9. The van der Waals surface area contributed by atoms with Gasteiger partial charge >= 0.3 is 0 Å². The molecule has 0 aliphatic carbocycles. The van der Waals surface area contributed by atoms with Crippen LogP contribution in [0, 0.1) is 0 Å². The molecule has 1 N–H and O–H groups in total. The van der Waals surface area contributed by atoms with E-state index < -0.39 is 9.84 Å². The van der Waals surface area contributed by atoms with E-state index in [1.807, 2.05) is 12.1 Å². The van der Waals surface area contributed by atoms with E-state index in [0.717, 1.165) is 16.9 Å². The lowest BCUT2D eigenvalue weighted by molar-refractivity contribution is -0.116. The molecule has 0 spiro atoms. The van der Waals surface area contributed by atoms with Crippen LogP contribution in [0.1, 0.15) is 35.3 Å². The Hall–Kier alpha value is -2.44. The third-order valence-electron chi connectivity index (χ3n) is 4.89. The second kappa shape index (κ2) is 6.94. The second-order valence-corrected chi connectivity index (χ2v) is 9.39. The molecule has 0 radical (unpaired) electrons. The number of benzene rings is 2. The summed E-state index contributed by atoms with van der Waals surface area (Å²) in [4.78, 5) is 13.7. The molecular formula is C21H19NO3S2. The smallest absolute Gasteiger partial charge is 0.225 e. The first-order valence-corrected chi connectivity index (χ1v) is 11.2. The maximum absolute atomic E-state index is 13.1. The maximum atomic E-state index is 13.1. The van der Waals surface area contributed by atoms with Gasteiger partial charge in [-0.25, -0.2) is 8.42 Å². The lowest BCUT2D eigenvalue weighted by Crippen LogP contribution is -2.23. The van der Waals surface area contributed by atoms with E-state index in [1.54, 1.807) is 35.7 Å². The van der Waals surface area contributed by atoms with Crippen molar-refractivity contribution in [3.63, 3.8) is 0 Å². The van der Waals surface area contributed by atoms with Crippen LogP contribution >= 0.6 is 11.3 Å². The number of anilines is 1. The molecule has 6 heteroatoms. The molecule has 0 unspecified atom stereocenters. The van der Waals surface area contributed by atoms with Gasteiger partial charge in [0.25, 0.3) is 0 Å². The van der Waals surface area contributed by atoms with Crippen molar-refractivity contribution in [2.24, 2.45) is 0 Å². The molecule has 1 aliphatic rings. The molecule has 1 amide bonds. The van der Waals surface area contributed by atoms with E-state index in [2.05, 4.69) is 24.4 Å². The Kier molecular flexibility index (Phi) is 4.61. The monoisotopic (exact) mass is 397 g/mol. The summed E-state index contributed by atoms with van der Waals surface area (Å²) in [5.74, 6) is -0.278. The Labute approximate surface area is 162 Å². The number of amides is 1. The highest BCUT2D eigenvalue weighted by molar-refractivity contribution is 7.91. The van der Waals surface area contributed by atoms with E-state index in [-0.39, 0.29) is 21.6 Å². The lowest BCUT2D eigenvalue weighted by atomic mass is 9.90. The van der Waals surface area contributed by atoms with Gasteiger partial charge in [0.2, 0.25) is 15.7 Å². The van der Waals surface area contributed by atoms with Gasteiger partial charge < -0.3 is 5.32 Å². The van der Waals surface area contributed by atoms with Crippen LogP contribution in [0.2, 0.25) is 0 Å². The van der Waals surface area contributed by atoms with Gasteiger partial charge in [0.1, 0.15) is 4.90 Å². The summed E-state index contributed by atoms with van der Waals surface area (Å²) in [6.45, 7) is 2.10. The highest BCUT2D eigenvalue weighted by atomic mass is 32.2. The van der Waals surface area contributed by atoms with Gasteiger partial charge in [-0.3, -0.25) is 4.79 Å². The Morgan fingerprint density at radius 1 is 1.07 bits per heavy atom. The minimum atomic E-state index is -3.68. The molecule has 0 bridgehead atoms. The fourth-order valence-corrected chi connectivity index (χ4v) is 6.31. The summed E-state index contributed by atoms with van der Waals surface area (Å²) in [5, 5.41) is 4.44. The fraction of sp³-hybridized carbons (Fsp3) is 0.190. The predicted molar refractivity (Wildman–Crippen MR) is 107 cm³/mol. The van der Waals surface area contributed by atoms with Gasteiger partial charge in [-0.15, -0.1) is 11.3 Å². The van der Waals surface area contributed by atoms with E-state index in [1.165, 1.54) is 16.9 Å². The van der Waals surface area contributed by atoms with Crippen LogP contribution in [-0.2, 0) is 21.1 Å². The number of aryl methyl sites for hydroxylation is 1. The van der Waals surface area contributed by atoms with Crippen molar-refractivity contribution < 1.29 is 13.2 Å². The Morgan fingerprint density at radius 3 is 2.44 bits per heavy atom. The van der Waals surface area contributed by atoms with Gasteiger partial charge in [-0.1, -0.05) is 49.4 Å². The van der Waals surface area contributed by atoms with Crippen LogP contribution < -0.4 is 5.32 Å². The number of fused-ring (bicyclic) bond motifs is 1. The van der Waals surface area contributed by atoms with Crippen molar-refractivity contribution in [3.8, 4) is 0 Å². The minimum Gasteiger partial charge on any atom is -0.324 e. The molecule has 3 aromatic rings. The molecule has 1 aromatic heterocycles. The van der Waals surface area contributed by atoms with Crippen molar-refractivity contribution in [2.45, 2.75) is 35.5 Å². The third kappa shape index (κ3) is 3.19. The zero-order valence-corrected chi connectivity index (χ0v) is 16.4. The van der Waals surface area contributed by atoms with Crippen LogP contribution in [0.3, 0.4) is 0 Å². The number of hydrogen-bond acceptors (Lipinski definition) is 4. The molecule has 4 nitrogen and oxygen atoms in total. The largest absolute Gasteiger partial charge is 0.324 e. The zero-order valence-electron chi connectivity index (χ0n) is 14.8. The number of carbonyl (C=O) groups excluding carboxylic acids is 1. The van der Waals surface area contributed by atoms with Crippen LogP contribution in [0.15, 0.2) is 69.8 Å². The van der Waals surface area contributed by atoms with Crippen LogP contribution in [0.25, 0.3) is 0 Å². The first-order valence-electron chi connectivity index (χ1n) is 8.81. The van der Waals surface area contributed by atoms with Gasteiger partial charge in [0.15, 0.2) is 0 Å². The van der Waals surface area contributed by atoms with Gasteiger partial charge in [-0.2, -0.15) is 0 Å². The Morgan fingerprint density at radius 2 is 1.78 bits per heavy atom. The van der Waals surface area contributed by atoms with Crippen molar-refractivity contribution in [1.82, 2.24) is 0 Å².